The van der Waals surface area contributed by atoms with Crippen LogP contribution >= 0.6 is 11.3 Å². The van der Waals surface area contributed by atoms with Crippen molar-refractivity contribution in [2.45, 2.75) is 38.6 Å². The number of aryl methyl sites for hydroxylation is 3. The molecule has 3 rings (SSSR count). The number of nitrogens with zero attached hydrogens (tertiary/aromatic N) is 4. The third kappa shape index (κ3) is 3.37. The van der Waals surface area contributed by atoms with Crippen molar-refractivity contribution >= 4 is 17.2 Å². The summed E-state index contributed by atoms with van der Waals surface area (Å²) in [4.78, 5) is 21.0. The number of aromatic nitrogens is 3. The zero-order valence-electron chi connectivity index (χ0n) is 14.7. The van der Waals surface area contributed by atoms with Gasteiger partial charge in [-0.3, -0.25) is 9.48 Å². The van der Waals surface area contributed by atoms with Crippen LogP contribution in [0.4, 0.5) is 0 Å². The first kappa shape index (κ1) is 17.1. The van der Waals surface area contributed by atoms with Crippen LogP contribution in [0.3, 0.4) is 0 Å². The molecule has 0 radical (unpaired) electrons. The summed E-state index contributed by atoms with van der Waals surface area (Å²) >= 11 is 1.77. The van der Waals surface area contributed by atoms with Crippen LogP contribution in [0.1, 0.15) is 45.9 Å². The summed E-state index contributed by atoms with van der Waals surface area (Å²) in [5.74, 6) is 0.478. The molecule has 1 aliphatic heterocycles. The molecule has 3 heterocycles. The minimum Gasteiger partial charge on any atom is -0.340 e. The Labute approximate surface area is 146 Å². The lowest BCUT2D eigenvalue weighted by Gasteiger charge is -2.34. The molecule has 0 aliphatic carbocycles. The van der Waals surface area contributed by atoms with E-state index in [0.717, 1.165) is 37.2 Å². The summed E-state index contributed by atoms with van der Waals surface area (Å²) in [6.07, 6.45) is 5.78. The zero-order chi connectivity index (χ0) is 17.3. The van der Waals surface area contributed by atoms with Gasteiger partial charge in [-0.2, -0.15) is 5.10 Å². The van der Waals surface area contributed by atoms with E-state index in [2.05, 4.69) is 24.3 Å². The fourth-order valence-corrected chi connectivity index (χ4v) is 4.30. The fraction of sp³-hybridized carbons (Fsp3) is 0.588. The van der Waals surface area contributed by atoms with E-state index in [1.165, 1.54) is 9.88 Å². The number of likely N-dealkylation sites (N-methyl/N-ethyl adjacent to an activating group) is 1. The van der Waals surface area contributed by atoms with E-state index in [1.807, 2.05) is 25.2 Å². The van der Waals surface area contributed by atoms with Crippen LogP contribution < -0.4 is 5.32 Å². The molecule has 24 heavy (non-hydrogen) atoms. The number of rotatable bonds is 4. The highest BCUT2D eigenvalue weighted by Crippen LogP contribution is 2.32. The van der Waals surface area contributed by atoms with E-state index in [1.54, 1.807) is 22.2 Å². The quantitative estimate of drug-likeness (QED) is 0.921. The van der Waals surface area contributed by atoms with Gasteiger partial charge in [0.2, 0.25) is 5.91 Å². The van der Waals surface area contributed by atoms with Crippen molar-refractivity contribution < 1.29 is 4.79 Å². The van der Waals surface area contributed by atoms with Crippen LogP contribution in [0.5, 0.6) is 0 Å². The fourth-order valence-electron chi connectivity index (χ4n) is 3.26. The summed E-state index contributed by atoms with van der Waals surface area (Å²) in [6.45, 7) is 5.74. The molecule has 1 amide bonds. The molecule has 130 valence electrons. The van der Waals surface area contributed by atoms with Gasteiger partial charge in [0.1, 0.15) is 6.04 Å². The average molecular weight is 347 g/mol. The maximum absolute atomic E-state index is 13.0. The van der Waals surface area contributed by atoms with E-state index >= 15 is 0 Å². The van der Waals surface area contributed by atoms with Gasteiger partial charge in [-0.05, 0) is 33.7 Å². The molecule has 7 heteroatoms. The normalized spacial score (nSPS) is 19.5. The average Bonchev–Trinajstić information content (AvgIpc) is 3.14. The van der Waals surface area contributed by atoms with Crippen molar-refractivity contribution in [2.24, 2.45) is 7.05 Å². The van der Waals surface area contributed by atoms with Gasteiger partial charge in [-0.1, -0.05) is 0 Å². The van der Waals surface area contributed by atoms with Crippen molar-refractivity contribution in [3.05, 3.63) is 33.5 Å². The lowest BCUT2D eigenvalue weighted by molar-refractivity contribution is -0.134. The Kier molecular flexibility index (Phi) is 5.01. The number of thiazole rings is 1. The van der Waals surface area contributed by atoms with E-state index in [0.29, 0.717) is 5.92 Å². The summed E-state index contributed by atoms with van der Waals surface area (Å²) in [5, 5.41) is 8.50. The predicted octanol–water partition coefficient (Wildman–Crippen LogP) is 2.16. The molecule has 1 aliphatic rings. The zero-order valence-corrected chi connectivity index (χ0v) is 15.6. The molecule has 2 aromatic rings. The smallest absolute Gasteiger partial charge is 0.244 e. The van der Waals surface area contributed by atoms with Gasteiger partial charge in [-0.15, -0.1) is 11.3 Å². The number of likely N-dealkylation sites (tertiary alicyclic amines) is 1. The molecule has 2 atom stereocenters. The Morgan fingerprint density at radius 3 is 2.83 bits per heavy atom. The highest BCUT2D eigenvalue weighted by molar-refractivity contribution is 7.11. The molecule has 1 saturated heterocycles. The highest BCUT2D eigenvalue weighted by Gasteiger charge is 2.31. The molecule has 1 fully saturated rings. The number of hydrogen-bond acceptors (Lipinski definition) is 5. The molecule has 2 unspecified atom stereocenters. The first-order valence-corrected chi connectivity index (χ1v) is 9.19. The number of piperidine rings is 1. The van der Waals surface area contributed by atoms with Crippen LogP contribution in [0.2, 0.25) is 0 Å². The molecule has 2 aromatic heterocycles. The molecule has 0 saturated carbocycles. The van der Waals surface area contributed by atoms with Crippen molar-refractivity contribution in [3.8, 4) is 0 Å². The Hall–Kier alpha value is -1.73. The monoisotopic (exact) mass is 347 g/mol. The van der Waals surface area contributed by atoms with Crippen LogP contribution in [0, 0.1) is 13.8 Å². The number of nitrogens with one attached hydrogen (secondary N) is 1. The van der Waals surface area contributed by atoms with Crippen molar-refractivity contribution in [1.82, 2.24) is 25.0 Å². The maximum Gasteiger partial charge on any atom is 0.244 e. The van der Waals surface area contributed by atoms with E-state index in [9.17, 15) is 4.79 Å². The van der Waals surface area contributed by atoms with Crippen LogP contribution in [-0.2, 0) is 11.8 Å². The molecule has 6 nitrogen and oxygen atoms in total. The summed E-state index contributed by atoms with van der Waals surface area (Å²) < 4.78 is 1.73. The van der Waals surface area contributed by atoms with Gasteiger partial charge in [0.25, 0.3) is 0 Å². The second-order valence-electron chi connectivity index (χ2n) is 6.49. The van der Waals surface area contributed by atoms with Gasteiger partial charge in [0.05, 0.1) is 16.9 Å². The largest absolute Gasteiger partial charge is 0.340 e. The van der Waals surface area contributed by atoms with Gasteiger partial charge < -0.3 is 10.2 Å². The first-order chi connectivity index (χ1) is 11.5. The topological polar surface area (TPSA) is 63.1 Å². The Morgan fingerprint density at radius 2 is 2.25 bits per heavy atom. The summed E-state index contributed by atoms with van der Waals surface area (Å²) in [7, 11) is 3.69. The Morgan fingerprint density at radius 1 is 1.46 bits per heavy atom. The SMILES string of the molecule is CNC(C(=O)N1CCCC(c2nc(C)c(C)s2)C1)c1cnn(C)c1. The molecule has 0 bridgehead atoms. The molecule has 0 spiro atoms. The number of carbonyl (C=O) groups is 1. The summed E-state index contributed by atoms with van der Waals surface area (Å²) in [6, 6.07) is -0.336. The third-order valence-electron chi connectivity index (χ3n) is 4.72. The molecular weight excluding hydrogens is 322 g/mol. The van der Waals surface area contributed by atoms with E-state index in [-0.39, 0.29) is 11.9 Å². The predicted molar refractivity (Wildman–Crippen MR) is 95.2 cm³/mol. The second-order valence-corrected chi connectivity index (χ2v) is 7.72. The highest BCUT2D eigenvalue weighted by atomic mass is 32.1. The van der Waals surface area contributed by atoms with Gasteiger partial charge in [-0.25, -0.2) is 4.98 Å². The minimum atomic E-state index is -0.336. The van der Waals surface area contributed by atoms with Gasteiger partial charge in [0.15, 0.2) is 0 Å². The van der Waals surface area contributed by atoms with Crippen molar-refractivity contribution in [2.75, 3.05) is 20.1 Å². The van der Waals surface area contributed by atoms with Crippen LogP contribution in [0.15, 0.2) is 12.4 Å². The van der Waals surface area contributed by atoms with Crippen molar-refractivity contribution in [1.29, 1.82) is 0 Å². The van der Waals surface area contributed by atoms with Gasteiger partial charge >= 0.3 is 0 Å². The number of hydrogen-bond donors (Lipinski definition) is 1. The van der Waals surface area contributed by atoms with Crippen LogP contribution in [-0.4, -0.2) is 45.7 Å². The summed E-state index contributed by atoms with van der Waals surface area (Å²) in [5.41, 5.74) is 2.02. The standard InChI is InChI=1S/C17H25N5OS/c1-11-12(2)24-16(20-11)13-6-5-7-22(10-13)17(23)15(18-3)14-8-19-21(4)9-14/h8-9,13,15,18H,5-7,10H2,1-4H3. The van der Waals surface area contributed by atoms with E-state index in [4.69, 9.17) is 4.98 Å². The Bertz CT molecular complexity index is 703. The third-order valence-corrected chi connectivity index (χ3v) is 5.96. The lowest BCUT2D eigenvalue weighted by Crippen LogP contribution is -2.44. The van der Waals surface area contributed by atoms with Crippen molar-refractivity contribution in [3.63, 3.8) is 0 Å². The maximum atomic E-state index is 13.0. The van der Waals surface area contributed by atoms with E-state index < -0.39 is 0 Å². The second kappa shape index (κ2) is 7.03. The van der Waals surface area contributed by atoms with Crippen LogP contribution in [0.25, 0.3) is 0 Å². The molecule has 1 N–H and O–H groups in total. The lowest BCUT2D eigenvalue weighted by atomic mass is 9.97. The molecular formula is C17H25N5OS. The minimum absolute atomic E-state index is 0.125. The number of amides is 1. The van der Waals surface area contributed by atoms with Gasteiger partial charge in [0, 0.05) is 42.7 Å². The molecule has 0 aromatic carbocycles. The first-order valence-electron chi connectivity index (χ1n) is 8.38. The number of carbonyl (C=O) groups excluding carboxylic acids is 1. The Balaban J connectivity index is 1.74.